The number of ether oxygens (including phenoxy) is 1. The first kappa shape index (κ1) is 30.4. The maximum atomic E-state index is 14.9. The van der Waals surface area contributed by atoms with Crippen LogP contribution in [0, 0.1) is 23.2 Å². The van der Waals surface area contributed by atoms with E-state index in [1.165, 1.54) is 5.01 Å². The van der Waals surface area contributed by atoms with Crippen molar-refractivity contribution < 1.29 is 27.1 Å². The lowest BCUT2D eigenvalue weighted by Gasteiger charge is -2.32. The summed E-state index contributed by atoms with van der Waals surface area (Å²) in [5.41, 5.74) is 6.58. The van der Waals surface area contributed by atoms with Gasteiger partial charge in [0.25, 0.3) is 0 Å². The van der Waals surface area contributed by atoms with E-state index in [1.54, 1.807) is 36.2 Å². The monoisotopic (exact) mass is 613 g/mol. The molecule has 15 heteroatoms. The van der Waals surface area contributed by atoms with Crippen molar-refractivity contribution >= 4 is 46.5 Å². The summed E-state index contributed by atoms with van der Waals surface area (Å²) in [7, 11) is 0. The molecule has 3 N–H and O–H groups in total. The van der Waals surface area contributed by atoms with Crippen LogP contribution in [-0.2, 0) is 4.79 Å². The fourth-order valence-corrected chi connectivity index (χ4v) is 5.21. The zero-order chi connectivity index (χ0) is 29.9. The van der Waals surface area contributed by atoms with Crippen molar-refractivity contribution in [3.05, 3.63) is 57.8 Å². The van der Waals surface area contributed by atoms with Gasteiger partial charge in [-0.1, -0.05) is 41.8 Å². The molecule has 0 spiro atoms. The number of nitrogens with one attached hydrogen (secondary N) is 1. The summed E-state index contributed by atoms with van der Waals surface area (Å²) < 4.78 is 56.8. The molecule has 1 fully saturated rings. The number of aliphatic imine (C=N–C) groups is 1. The van der Waals surface area contributed by atoms with E-state index in [1.807, 2.05) is 0 Å². The molecule has 0 saturated heterocycles. The van der Waals surface area contributed by atoms with E-state index in [-0.39, 0.29) is 35.4 Å². The van der Waals surface area contributed by atoms with E-state index in [0.717, 1.165) is 31.0 Å². The molecule has 0 bridgehead atoms. The van der Waals surface area contributed by atoms with Gasteiger partial charge in [-0.2, -0.15) is 10.4 Å². The van der Waals surface area contributed by atoms with E-state index in [2.05, 4.69) is 20.1 Å². The number of nitriles is 1. The van der Waals surface area contributed by atoms with Gasteiger partial charge in [-0.15, -0.1) is 13.2 Å². The first-order valence-corrected chi connectivity index (χ1v) is 13.3. The van der Waals surface area contributed by atoms with E-state index >= 15 is 0 Å². The summed E-state index contributed by atoms with van der Waals surface area (Å²) in [6.07, 6.45) is -1.26. The average Bonchev–Trinajstić information content (AvgIpc) is 3.54. The van der Waals surface area contributed by atoms with Crippen molar-refractivity contribution in [2.75, 3.05) is 13.1 Å². The van der Waals surface area contributed by atoms with Gasteiger partial charge in [0.1, 0.15) is 5.69 Å². The minimum Gasteiger partial charge on any atom is -0.403 e. The molecule has 1 saturated carbocycles. The molecule has 2 aliphatic rings. The van der Waals surface area contributed by atoms with Gasteiger partial charge >= 0.3 is 6.36 Å². The highest BCUT2D eigenvalue weighted by molar-refractivity contribution is 6.42. The molecule has 4 rings (SSSR count). The number of alkyl halides is 3. The van der Waals surface area contributed by atoms with E-state index in [9.17, 15) is 27.6 Å². The Morgan fingerprint density at radius 3 is 2.66 bits per heavy atom. The Balaban J connectivity index is 1.76. The second kappa shape index (κ2) is 12.5. The number of benzene rings is 2. The lowest BCUT2D eigenvalue weighted by Crippen LogP contribution is -2.51. The third-order valence-corrected chi connectivity index (χ3v) is 7.54. The summed E-state index contributed by atoms with van der Waals surface area (Å²) in [5.74, 6) is -3.32. The number of amides is 1. The lowest BCUT2D eigenvalue weighted by molar-refractivity contribution is -0.275. The van der Waals surface area contributed by atoms with Gasteiger partial charge in [-0.05, 0) is 44.0 Å². The second-order valence-electron chi connectivity index (χ2n) is 9.35. The largest absolute Gasteiger partial charge is 0.573 e. The maximum Gasteiger partial charge on any atom is 0.573 e. The van der Waals surface area contributed by atoms with E-state index < -0.39 is 29.7 Å². The zero-order valence-electron chi connectivity index (χ0n) is 21.6. The number of likely N-dealkylation sites (N-methyl/N-ethyl adjacent to an activating group) is 1. The molecule has 2 aromatic rings. The van der Waals surface area contributed by atoms with E-state index in [4.69, 9.17) is 28.9 Å². The molecule has 2 aromatic carbocycles. The number of hydrogen-bond donors (Lipinski definition) is 2. The van der Waals surface area contributed by atoms with E-state index in [0.29, 0.717) is 29.3 Å². The highest BCUT2D eigenvalue weighted by Gasteiger charge is 2.41. The topological polar surface area (TPSA) is 119 Å². The zero-order valence-corrected chi connectivity index (χ0v) is 23.1. The molecular weight excluding hydrogens is 589 g/mol. The second-order valence-corrected chi connectivity index (χ2v) is 10.2. The molecule has 1 unspecified atom stereocenters. The quantitative estimate of drug-likeness (QED) is 0.153. The summed E-state index contributed by atoms with van der Waals surface area (Å²) >= 11 is 12.4. The molecule has 3 atom stereocenters. The standard InChI is InChI=1S/C26H25Cl2F4N7O2/c1-2-38(24(40)15-5-3-6-18(15)34)20-12-39(37-23(20)14-9-10-16(27)17(28)11-14)25(35-13-33)36-19-7-4-8-21(22(19)29)41-26(30,31)32/h4,7-11,15,18,20H,2-3,5-6,12,34H2,1H3,(H,35,36)/t15-,18+,20?/m1/s1. The Hall–Kier alpha value is -3.60. The molecule has 1 aliphatic carbocycles. The summed E-state index contributed by atoms with van der Waals surface area (Å²) in [5, 5.41) is 18.0. The number of nitrogens with two attached hydrogens (primary N) is 1. The van der Waals surface area contributed by atoms with Gasteiger partial charge in [0.2, 0.25) is 11.9 Å². The van der Waals surface area contributed by atoms with Crippen LogP contribution in [0.1, 0.15) is 31.7 Å². The van der Waals surface area contributed by atoms with Crippen LogP contribution in [0.3, 0.4) is 0 Å². The van der Waals surface area contributed by atoms with Crippen molar-refractivity contribution in [3.8, 4) is 11.9 Å². The van der Waals surface area contributed by atoms with Gasteiger partial charge in [0, 0.05) is 18.2 Å². The van der Waals surface area contributed by atoms with Crippen LogP contribution in [0.25, 0.3) is 0 Å². The number of hydrogen-bond acceptors (Lipinski definition) is 6. The van der Waals surface area contributed by atoms with Crippen molar-refractivity contribution in [2.45, 2.75) is 44.6 Å². The Labute approximate surface area is 243 Å². The third-order valence-electron chi connectivity index (χ3n) is 6.80. The molecule has 0 aromatic heterocycles. The summed E-state index contributed by atoms with van der Waals surface area (Å²) in [6.45, 7) is 2.08. The predicted octanol–water partition coefficient (Wildman–Crippen LogP) is 5.15. The number of guanidine groups is 1. The molecule has 1 amide bonds. The molecule has 1 heterocycles. The molecule has 41 heavy (non-hydrogen) atoms. The highest BCUT2D eigenvalue weighted by atomic mass is 35.5. The van der Waals surface area contributed by atoms with Gasteiger partial charge in [-0.25, -0.2) is 14.4 Å². The van der Waals surface area contributed by atoms with Crippen LogP contribution < -0.4 is 15.8 Å². The Kier molecular flexibility index (Phi) is 9.26. The average molecular weight is 614 g/mol. The number of nitrogens with zero attached hydrogens (tertiary/aromatic N) is 5. The fourth-order valence-electron chi connectivity index (χ4n) is 4.91. The first-order chi connectivity index (χ1) is 19.4. The number of carbonyl (C=O) groups is 1. The SMILES string of the molecule is CCN(C(=O)[C@@H]1CCC[C@@H]1N)C1CN(C(=Nc2cccc(OC(F)(F)F)c2F)NC#N)N=C1c1ccc(Cl)c(Cl)c1. The van der Waals surface area contributed by atoms with Crippen molar-refractivity contribution in [1.29, 1.82) is 5.26 Å². The number of carbonyl (C=O) groups excluding carboxylic acids is 1. The molecule has 9 nitrogen and oxygen atoms in total. The molecule has 1 aliphatic heterocycles. The fraction of sp³-hybridized carbons (Fsp3) is 0.385. The van der Waals surface area contributed by atoms with Gasteiger partial charge < -0.3 is 15.4 Å². The van der Waals surface area contributed by atoms with Crippen LogP contribution in [0.2, 0.25) is 10.0 Å². The predicted molar refractivity (Wildman–Crippen MR) is 145 cm³/mol. The minimum atomic E-state index is -5.13. The highest BCUT2D eigenvalue weighted by Crippen LogP contribution is 2.33. The Morgan fingerprint density at radius 1 is 1.29 bits per heavy atom. The lowest BCUT2D eigenvalue weighted by atomic mass is 9.98. The van der Waals surface area contributed by atoms with Crippen LogP contribution in [-0.4, -0.2) is 59.0 Å². The van der Waals surface area contributed by atoms with Crippen LogP contribution in [0.5, 0.6) is 5.75 Å². The van der Waals surface area contributed by atoms with Gasteiger partial charge in [0.15, 0.2) is 17.8 Å². The Bertz CT molecular complexity index is 1410. The molecule has 0 radical (unpaired) electrons. The van der Waals surface area contributed by atoms with Crippen molar-refractivity contribution in [3.63, 3.8) is 0 Å². The number of hydrazone groups is 1. The van der Waals surface area contributed by atoms with Gasteiger partial charge in [0.05, 0.1) is 34.3 Å². The number of rotatable bonds is 6. The Morgan fingerprint density at radius 2 is 2.05 bits per heavy atom. The van der Waals surface area contributed by atoms with Crippen molar-refractivity contribution in [1.82, 2.24) is 15.2 Å². The number of halogens is 6. The smallest absolute Gasteiger partial charge is 0.403 e. The van der Waals surface area contributed by atoms with Crippen LogP contribution in [0.4, 0.5) is 23.2 Å². The minimum absolute atomic E-state index is 0.0228. The molecule has 218 valence electrons. The van der Waals surface area contributed by atoms with Crippen LogP contribution in [0.15, 0.2) is 46.5 Å². The maximum absolute atomic E-state index is 14.9. The summed E-state index contributed by atoms with van der Waals surface area (Å²) in [6, 6.07) is 6.87. The first-order valence-electron chi connectivity index (χ1n) is 12.6. The molecular formula is C26H25Cl2F4N7O2. The van der Waals surface area contributed by atoms with Gasteiger partial charge in [-0.3, -0.25) is 10.1 Å². The summed E-state index contributed by atoms with van der Waals surface area (Å²) in [4.78, 5) is 19.3. The third kappa shape index (κ3) is 6.83. The van der Waals surface area contributed by atoms with Crippen LogP contribution >= 0.6 is 23.2 Å². The van der Waals surface area contributed by atoms with Crippen molar-refractivity contribution in [2.24, 2.45) is 21.7 Å². The normalized spacial score (nSPS) is 21.0.